The van der Waals surface area contributed by atoms with Crippen LogP contribution >= 0.6 is 34.8 Å². The van der Waals surface area contributed by atoms with Crippen molar-refractivity contribution in [2.24, 2.45) is 0 Å². The van der Waals surface area contributed by atoms with E-state index in [-0.39, 0.29) is 35.6 Å². The molecule has 0 aliphatic carbocycles. The fourth-order valence-corrected chi connectivity index (χ4v) is 5.81. The molecule has 42 heavy (non-hydrogen) atoms. The number of nitrogens with zero attached hydrogens (tertiary/aromatic N) is 2. The Bertz CT molecular complexity index is 1510. The SMILES string of the molecule is CC[C@H](C)NC(=O)[C@@H](Cc1ccccc1)N(Cc1ccc(Cl)cc1Cl)C(=O)CN(c1ccc(OC)c(Cl)c1)S(C)(=O)=O. The summed E-state index contributed by atoms with van der Waals surface area (Å²) in [5.41, 5.74) is 1.54. The third-order valence-corrected chi connectivity index (χ3v) is 8.75. The summed E-state index contributed by atoms with van der Waals surface area (Å²) < 4.78 is 32.0. The summed E-state index contributed by atoms with van der Waals surface area (Å²) >= 11 is 18.9. The van der Waals surface area contributed by atoms with Gasteiger partial charge in [0.1, 0.15) is 18.3 Å². The fourth-order valence-electron chi connectivity index (χ4n) is 4.25. The van der Waals surface area contributed by atoms with Crippen LogP contribution in [0.1, 0.15) is 31.4 Å². The minimum absolute atomic E-state index is 0.0682. The van der Waals surface area contributed by atoms with Gasteiger partial charge in [-0.3, -0.25) is 13.9 Å². The highest BCUT2D eigenvalue weighted by Gasteiger charge is 2.34. The molecule has 0 aromatic heterocycles. The molecule has 0 saturated carbocycles. The Labute approximate surface area is 262 Å². The second kappa shape index (κ2) is 15.0. The Hall–Kier alpha value is -2.98. The number of sulfonamides is 1. The maximum Gasteiger partial charge on any atom is 0.244 e. The van der Waals surface area contributed by atoms with Crippen LogP contribution in [0.15, 0.2) is 66.7 Å². The zero-order valence-electron chi connectivity index (χ0n) is 23.8. The number of rotatable bonds is 13. The first kappa shape index (κ1) is 33.5. The summed E-state index contributed by atoms with van der Waals surface area (Å²) in [6.07, 6.45) is 1.87. The van der Waals surface area contributed by atoms with Crippen molar-refractivity contribution < 1.29 is 22.7 Å². The first-order valence-corrected chi connectivity index (χ1v) is 16.2. The van der Waals surface area contributed by atoms with Crippen LogP contribution < -0.4 is 14.4 Å². The molecule has 226 valence electrons. The van der Waals surface area contributed by atoms with Crippen molar-refractivity contribution >= 4 is 62.3 Å². The van der Waals surface area contributed by atoms with E-state index in [1.807, 2.05) is 44.2 Å². The molecule has 1 N–H and O–H groups in total. The van der Waals surface area contributed by atoms with Gasteiger partial charge in [-0.1, -0.05) is 78.1 Å². The number of amides is 2. The molecule has 0 bridgehead atoms. The lowest BCUT2D eigenvalue weighted by molar-refractivity contribution is -0.140. The van der Waals surface area contributed by atoms with E-state index in [9.17, 15) is 18.0 Å². The molecule has 3 aromatic carbocycles. The second-order valence-electron chi connectivity index (χ2n) is 9.87. The lowest BCUT2D eigenvalue weighted by atomic mass is 10.0. The molecular formula is C30H34Cl3N3O5S. The van der Waals surface area contributed by atoms with Gasteiger partial charge in [-0.25, -0.2) is 8.42 Å². The van der Waals surface area contributed by atoms with Crippen LogP contribution in [-0.2, 0) is 32.6 Å². The topological polar surface area (TPSA) is 96.0 Å². The number of halogens is 3. The van der Waals surface area contributed by atoms with E-state index >= 15 is 0 Å². The Morgan fingerprint density at radius 3 is 2.24 bits per heavy atom. The average molecular weight is 655 g/mol. The molecule has 0 fully saturated rings. The Morgan fingerprint density at radius 1 is 0.976 bits per heavy atom. The lowest BCUT2D eigenvalue weighted by Gasteiger charge is -2.34. The molecular weight excluding hydrogens is 621 g/mol. The summed E-state index contributed by atoms with van der Waals surface area (Å²) in [7, 11) is -2.51. The first-order valence-electron chi connectivity index (χ1n) is 13.2. The maximum atomic E-state index is 14.2. The smallest absolute Gasteiger partial charge is 0.244 e. The molecule has 8 nitrogen and oxygen atoms in total. The van der Waals surface area contributed by atoms with E-state index in [4.69, 9.17) is 39.5 Å². The van der Waals surface area contributed by atoms with Crippen LogP contribution in [0.4, 0.5) is 5.69 Å². The van der Waals surface area contributed by atoms with E-state index in [1.54, 1.807) is 18.2 Å². The molecule has 0 aliphatic heterocycles. The van der Waals surface area contributed by atoms with E-state index in [1.165, 1.54) is 30.2 Å². The highest BCUT2D eigenvalue weighted by atomic mass is 35.5. The van der Waals surface area contributed by atoms with E-state index in [0.717, 1.165) is 16.1 Å². The third kappa shape index (κ3) is 9.01. The van der Waals surface area contributed by atoms with E-state index in [0.29, 0.717) is 27.8 Å². The number of hydrogen-bond acceptors (Lipinski definition) is 5. The highest BCUT2D eigenvalue weighted by Crippen LogP contribution is 2.31. The van der Waals surface area contributed by atoms with Crippen molar-refractivity contribution in [3.8, 4) is 5.75 Å². The van der Waals surface area contributed by atoms with Gasteiger partial charge in [0.2, 0.25) is 21.8 Å². The minimum Gasteiger partial charge on any atom is -0.495 e. The molecule has 0 unspecified atom stereocenters. The van der Waals surface area contributed by atoms with Crippen LogP contribution in [0.2, 0.25) is 15.1 Å². The van der Waals surface area contributed by atoms with Crippen LogP contribution in [0, 0.1) is 0 Å². The number of methoxy groups -OCH3 is 1. The van der Waals surface area contributed by atoms with Gasteiger partial charge in [-0.15, -0.1) is 0 Å². The highest BCUT2D eigenvalue weighted by molar-refractivity contribution is 7.92. The number of benzene rings is 3. The predicted molar refractivity (Wildman–Crippen MR) is 169 cm³/mol. The Kier molecular flexibility index (Phi) is 11.9. The Morgan fingerprint density at radius 2 is 1.67 bits per heavy atom. The molecule has 0 saturated heterocycles. The van der Waals surface area contributed by atoms with Gasteiger partial charge < -0.3 is 15.0 Å². The predicted octanol–water partition coefficient (Wildman–Crippen LogP) is 5.98. The van der Waals surface area contributed by atoms with Gasteiger partial charge in [-0.2, -0.15) is 0 Å². The molecule has 3 rings (SSSR count). The fraction of sp³-hybridized carbons (Fsp3) is 0.333. The van der Waals surface area contributed by atoms with Crippen molar-refractivity contribution in [3.63, 3.8) is 0 Å². The summed E-state index contributed by atoms with van der Waals surface area (Å²) in [4.78, 5) is 29.3. The zero-order chi connectivity index (χ0) is 31.0. The lowest BCUT2D eigenvalue weighted by Crippen LogP contribution is -2.54. The van der Waals surface area contributed by atoms with Crippen LogP contribution in [0.5, 0.6) is 5.75 Å². The van der Waals surface area contributed by atoms with Gasteiger partial charge >= 0.3 is 0 Å². The summed E-state index contributed by atoms with van der Waals surface area (Å²) in [6, 6.07) is 17.4. The number of carbonyl (C=O) groups is 2. The zero-order valence-corrected chi connectivity index (χ0v) is 26.9. The first-order chi connectivity index (χ1) is 19.8. The molecule has 12 heteroatoms. The molecule has 0 heterocycles. The van der Waals surface area contributed by atoms with Crippen LogP contribution in [0.3, 0.4) is 0 Å². The van der Waals surface area contributed by atoms with Crippen molar-refractivity contribution in [1.29, 1.82) is 0 Å². The quantitative estimate of drug-likeness (QED) is 0.245. The largest absolute Gasteiger partial charge is 0.495 e. The monoisotopic (exact) mass is 653 g/mol. The molecule has 0 spiro atoms. The normalized spacial score (nSPS) is 12.7. The number of carbonyl (C=O) groups excluding carboxylic acids is 2. The van der Waals surface area contributed by atoms with Gasteiger partial charge in [0.25, 0.3) is 0 Å². The standard InChI is InChI=1S/C30H34Cl3N3O5S/c1-5-20(2)34-30(38)27(15-21-9-7-6-8-10-21)35(18-22-11-12-23(31)16-25(22)32)29(37)19-36(42(4,39)40)24-13-14-28(41-3)26(33)17-24/h6-14,16-17,20,27H,5,15,18-19H2,1-4H3,(H,34,38)/t20-,27+/m0/s1. The van der Waals surface area contributed by atoms with Crippen molar-refractivity contribution in [1.82, 2.24) is 10.2 Å². The van der Waals surface area contributed by atoms with Gasteiger partial charge in [0.05, 0.1) is 24.1 Å². The van der Waals surface area contributed by atoms with Gasteiger partial charge in [0, 0.05) is 29.1 Å². The minimum atomic E-state index is -3.95. The van der Waals surface area contributed by atoms with Gasteiger partial charge in [0.15, 0.2) is 0 Å². The van der Waals surface area contributed by atoms with Crippen molar-refractivity contribution in [2.45, 2.75) is 45.3 Å². The number of ether oxygens (including phenoxy) is 1. The summed E-state index contributed by atoms with van der Waals surface area (Å²) in [5.74, 6) is -0.632. The second-order valence-corrected chi connectivity index (χ2v) is 13.0. The Balaban J connectivity index is 2.10. The number of hydrogen-bond donors (Lipinski definition) is 1. The summed E-state index contributed by atoms with van der Waals surface area (Å²) in [6.45, 7) is 3.16. The van der Waals surface area contributed by atoms with Crippen molar-refractivity contribution in [2.75, 3.05) is 24.2 Å². The number of nitrogens with one attached hydrogen (secondary N) is 1. The molecule has 2 amide bonds. The molecule has 2 atom stereocenters. The van der Waals surface area contributed by atoms with Crippen molar-refractivity contribution in [3.05, 3.63) is 92.9 Å². The maximum absolute atomic E-state index is 14.2. The van der Waals surface area contributed by atoms with Gasteiger partial charge in [-0.05, 0) is 54.8 Å². The third-order valence-electron chi connectivity index (χ3n) is 6.73. The summed E-state index contributed by atoms with van der Waals surface area (Å²) in [5, 5.41) is 3.88. The molecule has 3 aromatic rings. The van der Waals surface area contributed by atoms with Crippen LogP contribution in [0.25, 0.3) is 0 Å². The van der Waals surface area contributed by atoms with E-state index < -0.39 is 28.5 Å². The number of anilines is 1. The molecule has 0 aliphatic rings. The van der Waals surface area contributed by atoms with E-state index in [2.05, 4.69) is 5.32 Å². The average Bonchev–Trinajstić information content (AvgIpc) is 2.94. The molecule has 0 radical (unpaired) electrons. The van der Waals surface area contributed by atoms with Crippen LogP contribution in [-0.4, -0.2) is 57.1 Å².